The highest BCUT2D eigenvalue weighted by molar-refractivity contribution is 9.10. The molecule has 0 aliphatic carbocycles. The average molecular weight is 372 g/mol. The minimum absolute atomic E-state index is 0.404. The van der Waals surface area contributed by atoms with E-state index in [0.29, 0.717) is 23.2 Å². The van der Waals surface area contributed by atoms with E-state index in [2.05, 4.69) is 38.4 Å². The number of hydrogen-bond acceptors (Lipinski definition) is 4. The normalized spacial score (nSPS) is 10.2. The van der Waals surface area contributed by atoms with Crippen LogP contribution in [0.4, 0.5) is 0 Å². The first-order valence-electron chi connectivity index (χ1n) is 6.30. The number of rotatable bonds is 7. The SMILES string of the molecule is C=CCOc1c(Br)cc(C=NNC(=S)NCC)cc1OC. The Morgan fingerprint density at radius 2 is 2.29 bits per heavy atom. The smallest absolute Gasteiger partial charge is 0.186 e. The second-order valence-electron chi connectivity index (χ2n) is 3.86. The van der Waals surface area contributed by atoms with Crippen molar-refractivity contribution in [3.8, 4) is 11.5 Å². The third-order valence-electron chi connectivity index (χ3n) is 2.31. The van der Waals surface area contributed by atoms with Crippen LogP contribution in [-0.2, 0) is 0 Å². The Morgan fingerprint density at radius 3 is 2.90 bits per heavy atom. The quantitative estimate of drug-likeness (QED) is 0.334. The molecule has 0 amide bonds. The van der Waals surface area contributed by atoms with E-state index >= 15 is 0 Å². The van der Waals surface area contributed by atoms with Crippen molar-refractivity contribution in [2.24, 2.45) is 5.10 Å². The number of nitrogens with one attached hydrogen (secondary N) is 2. The lowest BCUT2D eigenvalue weighted by molar-refractivity contribution is 0.324. The molecule has 0 atom stereocenters. The Kier molecular flexibility index (Phi) is 7.78. The molecule has 0 aliphatic rings. The zero-order chi connectivity index (χ0) is 15.7. The van der Waals surface area contributed by atoms with Gasteiger partial charge in [0.1, 0.15) is 6.61 Å². The fourth-order valence-corrected chi connectivity index (χ4v) is 2.23. The molecule has 2 N–H and O–H groups in total. The molecule has 5 nitrogen and oxygen atoms in total. The van der Waals surface area contributed by atoms with Crippen molar-refractivity contribution in [2.75, 3.05) is 20.3 Å². The monoisotopic (exact) mass is 371 g/mol. The lowest BCUT2D eigenvalue weighted by Crippen LogP contribution is -2.31. The molecule has 1 aromatic rings. The van der Waals surface area contributed by atoms with Gasteiger partial charge in [-0.05, 0) is 52.8 Å². The minimum atomic E-state index is 0.404. The van der Waals surface area contributed by atoms with Crippen molar-refractivity contribution in [3.05, 3.63) is 34.8 Å². The summed E-state index contributed by atoms with van der Waals surface area (Å²) in [6, 6.07) is 3.70. The van der Waals surface area contributed by atoms with Crippen molar-refractivity contribution in [1.29, 1.82) is 0 Å². The number of nitrogens with zero attached hydrogens (tertiary/aromatic N) is 1. The van der Waals surface area contributed by atoms with Crippen LogP contribution in [0.2, 0.25) is 0 Å². The molecule has 0 saturated heterocycles. The second-order valence-corrected chi connectivity index (χ2v) is 5.13. The maximum absolute atomic E-state index is 5.56. The summed E-state index contributed by atoms with van der Waals surface area (Å²) in [6.45, 7) is 6.73. The van der Waals surface area contributed by atoms with Crippen LogP contribution in [-0.4, -0.2) is 31.6 Å². The Hall–Kier alpha value is -1.60. The molecule has 0 bridgehead atoms. The van der Waals surface area contributed by atoms with Gasteiger partial charge in [-0.1, -0.05) is 12.7 Å². The Bertz CT molecular complexity index is 535. The first kappa shape index (κ1) is 17.5. The summed E-state index contributed by atoms with van der Waals surface area (Å²) >= 11 is 8.47. The highest BCUT2D eigenvalue weighted by Gasteiger charge is 2.10. The Balaban J connectivity index is 2.85. The van der Waals surface area contributed by atoms with E-state index < -0.39 is 0 Å². The number of ether oxygens (including phenoxy) is 2. The van der Waals surface area contributed by atoms with Crippen LogP contribution in [0.5, 0.6) is 11.5 Å². The van der Waals surface area contributed by atoms with Gasteiger partial charge in [0, 0.05) is 6.54 Å². The number of thiocarbonyl (C=S) groups is 1. The molecule has 1 aromatic carbocycles. The lowest BCUT2D eigenvalue weighted by atomic mass is 10.2. The van der Waals surface area contributed by atoms with Crippen LogP contribution in [0.25, 0.3) is 0 Å². The molecule has 0 unspecified atom stereocenters. The molecule has 0 fully saturated rings. The number of benzene rings is 1. The maximum atomic E-state index is 5.56. The maximum Gasteiger partial charge on any atom is 0.186 e. The highest BCUT2D eigenvalue weighted by atomic mass is 79.9. The van der Waals surface area contributed by atoms with Gasteiger partial charge < -0.3 is 14.8 Å². The van der Waals surface area contributed by atoms with E-state index in [-0.39, 0.29) is 0 Å². The lowest BCUT2D eigenvalue weighted by Gasteiger charge is -2.12. The van der Waals surface area contributed by atoms with Crippen LogP contribution < -0.4 is 20.2 Å². The fraction of sp³-hybridized carbons (Fsp3) is 0.286. The Labute approximate surface area is 138 Å². The molecular weight excluding hydrogens is 354 g/mol. The highest BCUT2D eigenvalue weighted by Crippen LogP contribution is 2.36. The number of halogens is 1. The fourth-order valence-electron chi connectivity index (χ4n) is 1.46. The summed E-state index contributed by atoms with van der Waals surface area (Å²) < 4.78 is 11.7. The van der Waals surface area contributed by atoms with Crippen LogP contribution in [0.15, 0.2) is 34.4 Å². The molecule has 114 valence electrons. The third kappa shape index (κ3) is 5.73. The standard InChI is InChI=1S/C14H18BrN3O2S/c1-4-6-20-13-11(15)7-10(8-12(13)19-3)9-17-18-14(21)16-5-2/h4,7-9H,1,5-6H2,2-3H3,(H2,16,18,21). The molecular formula is C14H18BrN3O2S. The van der Waals surface area contributed by atoms with Gasteiger partial charge in [0.15, 0.2) is 16.6 Å². The number of hydrazone groups is 1. The van der Waals surface area contributed by atoms with Crippen LogP contribution in [0, 0.1) is 0 Å². The number of methoxy groups -OCH3 is 1. The van der Waals surface area contributed by atoms with Gasteiger partial charge in [0.05, 0.1) is 17.8 Å². The van der Waals surface area contributed by atoms with E-state index in [1.807, 2.05) is 19.1 Å². The van der Waals surface area contributed by atoms with E-state index in [0.717, 1.165) is 16.6 Å². The van der Waals surface area contributed by atoms with Crippen molar-refractivity contribution in [2.45, 2.75) is 6.92 Å². The first-order valence-corrected chi connectivity index (χ1v) is 7.50. The van der Waals surface area contributed by atoms with Gasteiger partial charge in [-0.2, -0.15) is 5.10 Å². The van der Waals surface area contributed by atoms with Gasteiger partial charge >= 0.3 is 0 Å². The topological polar surface area (TPSA) is 54.9 Å². The summed E-state index contributed by atoms with van der Waals surface area (Å²) in [5.74, 6) is 1.24. The molecule has 7 heteroatoms. The third-order valence-corrected chi connectivity index (χ3v) is 3.14. The minimum Gasteiger partial charge on any atom is -0.493 e. The van der Waals surface area contributed by atoms with Gasteiger partial charge in [0.25, 0.3) is 0 Å². The predicted molar refractivity (Wildman–Crippen MR) is 93.4 cm³/mol. The van der Waals surface area contributed by atoms with Crippen molar-refractivity contribution in [1.82, 2.24) is 10.7 Å². The van der Waals surface area contributed by atoms with Crippen LogP contribution in [0.1, 0.15) is 12.5 Å². The molecule has 21 heavy (non-hydrogen) atoms. The van der Waals surface area contributed by atoms with Gasteiger partial charge in [0.2, 0.25) is 0 Å². The van der Waals surface area contributed by atoms with E-state index in [1.165, 1.54) is 0 Å². The first-order chi connectivity index (χ1) is 10.1. The molecule has 0 aliphatic heterocycles. The summed E-state index contributed by atoms with van der Waals surface area (Å²) in [5, 5.41) is 7.48. The summed E-state index contributed by atoms with van der Waals surface area (Å²) in [5.41, 5.74) is 3.57. The Morgan fingerprint density at radius 1 is 1.52 bits per heavy atom. The predicted octanol–water partition coefficient (Wildman–Crippen LogP) is 2.84. The van der Waals surface area contributed by atoms with E-state index in [9.17, 15) is 0 Å². The van der Waals surface area contributed by atoms with Crippen LogP contribution in [0.3, 0.4) is 0 Å². The van der Waals surface area contributed by atoms with Crippen molar-refractivity contribution < 1.29 is 9.47 Å². The second kappa shape index (κ2) is 9.36. The van der Waals surface area contributed by atoms with E-state index in [4.69, 9.17) is 21.7 Å². The van der Waals surface area contributed by atoms with Gasteiger partial charge in [-0.25, -0.2) is 0 Å². The molecule has 0 heterocycles. The largest absolute Gasteiger partial charge is 0.493 e. The zero-order valence-corrected chi connectivity index (χ0v) is 14.4. The van der Waals surface area contributed by atoms with Gasteiger partial charge in [-0.3, -0.25) is 5.43 Å². The zero-order valence-electron chi connectivity index (χ0n) is 12.0. The molecule has 0 aromatic heterocycles. The summed E-state index contributed by atoms with van der Waals surface area (Å²) in [4.78, 5) is 0. The average Bonchev–Trinajstić information content (AvgIpc) is 2.46. The molecule has 1 rings (SSSR count). The molecule has 0 radical (unpaired) electrons. The number of hydrogen-bond donors (Lipinski definition) is 2. The van der Waals surface area contributed by atoms with E-state index in [1.54, 1.807) is 19.4 Å². The molecule has 0 spiro atoms. The van der Waals surface area contributed by atoms with Crippen molar-refractivity contribution in [3.63, 3.8) is 0 Å². The van der Waals surface area contributed by atoms with Gasteiger partial charge in [-0.15, -0.1) is 0 Å². The van der Waals surface area contributed by atoms with Crippen LogP contribution >= 0.6 is 28.1 Å². The summed E-state index contributed by atoms with van der Waals surface area (Å²) in [7, 11) is 1.59. The van der Waals surface area contributed by atoms with Crippen molar-refractivity contribution >= 4 is 39.5 Å². The summed E-state index contributed by atoms with van der Waals surface area (Å²) in [6.07, 6.45) is 3.32. The molecule has 0 saturated carbocycles.